The molecule has 0 aliphatic heterocycles. The van der Waals surface area contributed by atoms with E-state index in [9.17, 15) is 10.1 Å². The highest BCUT2D eigenvalue weighted by Gasteiger charge is 2.27. The van der Waals surface area contributed by atoms with Crippen molar-refractivity contribution in [2.75, 3.05) is 7.11 Å². The fourth-order valence-corrected chi connectivity index (χ4v) is 1.36. The Hall–Kier alpha value is -1.42. The standard InChI is InChI=1S/C10H13NO3/c1-8(11(12)13)10(14-2)9-6-4-3-5-7-9/h3-8,10H,1-2H3. The number of nitro groups is 1. The third-order valence-corrected chi connectivity index (χ3v) is 2.15. The first-order chi connectivity index (χ1) is 6.66. The van der Waals surface area contributed by atoms with E-state index in [1.54, 1.807) is 6.92 Å². The Morgan fingerprint density at radius 3 is 2.36 bits per heavy atom. The second kappa shape index (κ2) is 4.72. The molecule has 0 aliphatic rings. The zero-order valence-electron chi connectivity index (χ0n) is 8.21. The number of hydrogen-bond donors (Lipinski definition) is 0. The highest BCUT2D eigenvalue weighted by Crippen LogP contribution is 2.21. The minimum absolute atomic E-state index is 0.332. The van der Waals surface area contributed by atoms with Gasteiger partial charge in [0, 0.05) is 19.0 Å². The van der Waals surface area contributed by atoms with Crippen LogP contribution >= 0.6 is 0 Å². The molecule has 4 heteroatoms. The summed E-state index contributed by atoms with van der Waals surface area (Å²) in [5.41, 5.74) is 0.833. The number of ether oxygens (including phenoxy) is 1. The average molecular weight is 195 g/mol. The number of hydrogen-bond acceptors (Lipinski definition) is 3. The maximum Gasteiger partial charge on any atom is 0.240 e. The highest BCUT2D eigenvalue weighted by atomic mass is 16.6. The van der Waals surface area contributed by atoms with Crippen LogP contribution in [0, 0.1) is 10.1 Å². The summed E-state index contributed by atoms with van der Waals surface area (Å²) in [4.78, 5) is 10.3. The van der Waals surface area contributed by atoms with Crippen molar-refractivity contribution in [3.8, 4) is 0 Å². The largest absolute Gasteiger partial charge is 0.370 e. The molecule has 1 rings (SSSR count). The van der Waals surface area contributed by atoms with Crippen molar-refractivity contribution in [2.45, 2.75) is 19.1 Å². The molecule has 1 aromatic carbocycles. The Balaban J connectivity index is 2.87. The predicted molar refractivity (Wildman–Crippen MR) is 52.6 cm³/mol. The Morgan fingerprint density at radius 1 is 1.36 bits per heavy atom. The molecule has 0 radical (unpaired) electrons. The van der Waals surface area contributed by atoms with Crippen LogP contribution in [0.15, 0.2) is 30.3 Å². The van der Waals surface area contributed by atoms with Crippen LogP contribution in [0.25, 0.3) is 0 Å². The van der Waals surface area contributed by atoms with Gasteiger partial charge in [0.05, 0.1) is 0 Å². The molecule has 4 nitrogen and oxygen atoms in total. The van der Waals surface area contributed by atoms with Gasteiger partial charge in [0.1, 0.15) is 6.10 Å². The van der Waals surface area contributed by atoms with Crippen LogP contribution in [0.3, 0.4) is 0 Å². The fraction of sp³-hybridized carbons (Fsp3) is 0.400. The summed E-state index contributed by atoms with van der Waals surface area (Å²) in [6.45, 7) is 1.54. The fourth-order valence-electron chi connectivity index (χ4n) is 1.36. The molecule has 0 bridgehead atoms. The van der Waals surface area contributed by atoms with Crippen molar-refractivity contribution in [3.63, 3.8) is 0 Å². The molecule has 0 saturated heterocycles. The molecule has 14 heavy (non-hydrogen) atoms. The topological polar surface area (TPSA) is 52.4 Å². The monoisotopic (exact) mass is 195 g/mol. The Kier molecular flexibility index (Phi) is 3.59. The van der Waals surface area contributed by atoms with Crippen LogP contribution in [-0.2, 0) is 4.74 Å². The third kappa shape index (κ3) is 2.29. The van der Waals surface area contributed by atoms with Gasteiger partial charge < -0.3 is 4.74 Å². The molecule has 0 fully saturated rings. The Labute approximate surface area is 82.7 Å². The van der Waals surface area contributed by atoms with Gasteiger partial charge in [0.15, 0.2) is 0 Å². The maximum absolute atomic E-state index is 10.6. The van der Waals surface area contributed by atoms with Crippen LogP contribution in [-0.4, -0.2) is 18.1 Å². The summed E-state index contributed by atoms with van der Waals surface area (Å²) in [6, 6.07) is 8.47. The van der Waals surface area contributed by atoms with Crippen LogP contribution in [0.5, 0.6) is 0 Å². The molecule has 0 saturated carbocycles. The number of rotatable bonds is 4. The van der Waals surface area contributed by atoms with E-state index >= 15 is 0 Å². The first-order valence-corrected chi connectivity index (χ1v) is 4.38. The zero-order chi connectivity index (χ0) is 10.6. The second-order valence-electron chi connectivity index (χ2n) is 3.09. The number of methoxy groups -OCH3 is 1. The molecule has 0 heterocycles. The maximum atomic E-state index is 10.6. The predicted octanol–water partition coefficient (Wildman–Crippen LogP) is 2.04. The highest BCUT2D eigenvalue weighted by molar-refractivity contribution is 5.18. The first kappa shape index (κ1) is 10.7. The van der Waals surface area contributed by atoms with E-state index in [1.165, 1.54) is 7.11 Å². The summed E-state index contributed by atoms with van der Waals surface area (Å²) >= 11 is 0. The lowest BCUT2D eigenvalue weighted by Gasteiger charge is -2.16. The van der Waals surface area contributed by atoms with Gasteiger partial charge in [-0.05, 0) is 5.56 Å². The van der Waals surface area contributed by atoms with E-state index in [0.717, 1.165) is 5.56 Å². The summed E-state index contributed by atoms with van der Waals surface area (Å²) in [5.74, 6) is 0. The molecule has 0 aromatic heterocycles. The second-order valence-corrected chi connectivity index (χ2v) is 3.09. The molecular weight excluding hydrogens is 182 g/mol. The van der Waals surface area contributed by atoms with E-state index in [-0.39, 0.29) is 4.92 Å². The minimum Gasteiger partial charge on any atom is -0.370 e. The summed E-state index contributed by atoms with van der Waals surface area (Å²) in [5, 5.41) is 10.6. The smallest absolute Gasteiger partial charge is 0.240 e. The van der Waals surface area contributed by atoms with Crippen LogP contribution in [0.1, 0.15) is 18.6 Å². The van der Waals surface area contributed by atoms with Crippen molar-refractivity contribution in [1.29, 1.82) is 0 Å². The molecule has 2 unspecified atom stereocenters. The lowest BCUT2D eigenvalue weighted by Crippen LogP contribution is -2.25. The quantitative estimate of drug-likeness (QED) is 0.545. The number of benzene rings is 1. The number of nitrogens with zero attached hydrogens (tertiary/aromatic N) is 1. The van der Waals surface area contributed by atoms with Crippen LogP contribution < -0.4 is 0 Å². The van der Waals surface area contributed by atoms with Crippen molar-refractivity contribution >= 4 is 0 Å². The van der Waals surface area contributed by atoms with Crippen LogP contribution in [0.2, 0.25) is 0 Å². The van der Waals surface area contributed by atoms with Gasteiger partial charge in [-0.3, -0.25) is 10.1 Å². The molecule has 0 aliphatic carbocycles. The Morgan fingerprint density at radius 2 is 1.93 bits per heavy atom. The average Bonchev–Trinajstić information content (AvgIpc) is 2.20. The SMILES string of the molecule is COC(c1ccccc1)C(C)[N+](=O)[O-]. The molecular formula is C10H13NO3. The van der Waals surface area contributed by atoms with E-state index < -0.39 is 12.1 Å². The van der Waals surface area contributed by atoms with E-state index in [2.05, 4.69) is 0 Å². The summed E-state index contributed by atoms with van der Waals surface area (Å²) in [7, 11) is 1.48. The van der Waals surface area contributed by atoms with Gasteiger partial charge in [-0.25, -0.2) is 0 Å². The molecule has 0 amide bonds. The van der Waals surface area contributed by atoms with Crippen molar-refractivity contribution < 1.29 is 9.66 Å². The lowest BCUT2D eigenvalue weighted by molar-refractivity contribution is -0.531. The summed E-state index contributed by atoms with van der Waals surface area (Å²) < 4.78 is 5.12. The normalized spacial score (nSPS) is 14.7. The van der Waals surface area contributed by atoms with Crippen LogP contribution in [0.4, 0.5) is 0 Å². The molecule has 76 valence electrons. The van der Waals surface area contributed by atoms with Gasteiger partial charge in [-0.1, -0.05) is 30.3 Å². The van der Waals surface area contributed by atoms with E-state index in [0.29, 0.717) is 0 Å². The molecule has 0 spiro atoms. The van der Waals surface area contributed by atoms with Gasteiger partial charge >= 0.3 is 0 Å². The molecule has 0 N–H and O–H groups in total. The van der Waals surface area contributed by atoms with Crippen molar-refractivity contribution in [3.05, 3.63) is 46.0 Å². The first-order valence-electron chi connectivity index (χ1n) is 4.38. The minimum atomic E-state index is -0.734. The van der Waals surface area contributed by atoms with E-state index in [1.807, 2.05) is 30.3 Å². The van der Waals surface area contributed by atoms with Crippen molar-refractivity contribution in [2.24, 2.45) is 0 Å². The zero-order valence-corrected chi connectivity index (χ0v) is 8.21. The molecule has 2 atom stereocenters. The van der Waals surface area contributed by atoms with E-state index in [4.69, 9.17) is 4.74 Å². The lowest BCUT2D eigenvalue weighted by atomic mass is 10.0. The van der Waals surface area contributed by atoms with Gasteiger partial charge in [-0.2, -0.15) is 0 Å². The van der Waals surface area contributed by atoms with Crippen molar-refractivity contribution in [1.82, 2.24) is 0 Å². The van der Waals surface area contributed by atoms with Gasteiger partial charge in [-0.15, -0.1) is 0 Å². The van der Waals surface area contributed by atoms with Gasteiger partial charge in [0.2, 0.25) is 6.04 Å². The summed E-state index contributed by atoms with van der Waals surface area (Å²) in [6.07, 6.45) is -0.480. The molecule has 1 aromatic rings. The van der Waals surface area contributed by atoms with Gasteiger partial charge in [0.25, 0.3) is 0 Å². The Bertz CT molecular complexity index is 299. The third-order valence-electron chi connectivity index (χ3n) is 2.15.